The molecule has 0 amide bonds. The number of nitrogens with two attached hydrogens (primary N) is 1. The molecule has 1 aromatic rings. The Kier molecular flexibility index (Phi) is 4.79. The van der Waals surface area contributed by atoms with Crippen molar-refractivity contribution in [2.75, 3.05) is 38.4 Å². The number of nitrogen functional groups attached to an aromatic ring is 1. The van der Waals surface area contributed by atoms with E-state index in [1.54, 1.807) is 26.5 Å². The highest BCUT2D eigenvalue weighted by Gasteiger charge is 2.06. The lowest BCUT2D eigenvalue weighted by atomic mass is 10.3. The molecule has 15 heavy (non-hydrogen) atoms. The Morgan fingerprint density at radius 3 is 2.93 bits per heavy atom. The Morgan fingerprint density at radius 1 is 1.53 bits per heavy atom. The first-order chi connectivity index (χ1) is 7.26. The minimum Gasteiger partial charge on any atom is -0.382 e. The zero-order chi connectivity index (χ0) is 11.1. The first-order valence-corrected chi connectivity index (χ1v) is 4.60. The van der Waals surface area contributed by atoms with Crippen LogP contribution in [-0.2, 0) is 9.47 Å². The number of hydrogen-bond acceptors (Lipinski definition) is 6. The van der Waals surface area contributed by atoms with Gasteiger partial charge < -0.3 is 20.5 Å². The molecule has 0 aliphatic heterocycles. The van der Waals surface area contributed by atoms with Crippen molar-refractivity contribution in [3.05, 3.63) is 12.3 Å². The summed E-state index contributed by atoms with van der Waals surface area (Å²) in [5, 5.41) is 3.09. The van der Waals surface area contributed by atoms with Crippen LogP contribution in [0.2, 0.25) is 0 Å². The highest BCUT2D eigenvalue weighted by molar-refractivity contribution is 5.37. The SMILES string of the molecule is COCC(CNc1ccnc(N)n1)OC. The van der Waals surface area contributed by atoms with E-state index in [4.69, 9.17) is 15.2 Å². The fourth-order valence-corrected chi connectivity index (χ4v) is 1.09. The highest BCUT2D eigenvalue weighted by atomic mass is 16.5. The lowest BCUT2D eigenvalue weighted by Crippen LogP contribution is -2.26. The molecule has 0 aromatic carbocycles. The fourth-order valence-electron chi connectivity index (χ4n) is 1.09. The van der Waals surface area contributed by atoms with Gasteiger partial charge in [0.2, 0.25) is 5.95 Å². The average molecular weight is 212 g/mol. The molecule has 0 aliphatic rings. The number of anilines is 2. The van der Waals surface area contributed by atoms with Crippen LogP contribution in [0.25, 0.3) is 0 Å². The van der Waals surface area contributed by atoms with Crippen LogP contribution in [0.15, 0.2) is 12.3 Å². The minimum atomic E-state index is -0.00816. The van der Waals surface area contributed by atoms with Crippen LogP contribution in [0.4, 0.5) is 11.8 Å². The number of nitrogens with one attached hydrogen (secondary N) is 1. The molecule has 1 unspecified atom stereocenters. The standard InChI is InChI=1S/C9H16N4O2/c1-14-6-7(15-2)5-12-8-3-4-11-9(10)13-8/h3-4,7H,5-6H2,1-2H3,(H3,10,11,12,13). The van der Waals surface area contributed by atoms with Gasteiger partial charge in [0.05, 0.1) is 12.7 Å². The van der Waals surface area contributed by atoms with Gasteiger partial charge in [0.15, 0.2) is 0 Å². The van der Waals surface area contributed by atoms with Crippen molar-refractivity contribution in [3.63, 3.8) is 0 Å². The van der Waals surface area contributed by atoms with Crippen LogP contribution in [0, 0.1) is 0 Å². The van der Waals surface area contributed by atoms with E-state index in [-0.39, 0.29) is 12.1 Å². The summed E-state index contributed by atoms with van der Waals surface area (Å²) >= 11 is 0. The molecule has 3 N–H and O–H groups in total. The number of aromatic nitrogens is 2. The third kappa shape index (κ3) is 4.09. The van der Waals surface area contributed by atoms with E-state index in [0.717, 1.165) is 0 Å². The largest absolute Gasteiger partial charge is 0.382 e. The number of hydrogen-bond donors (Lipinski definition) is 2. The van der Waals surface area contributed by atoms with Crippen LogP contribution in [-0.4, -0.2) is 43.4 Å². The summed E-state index contributed by atoms with van der Waals surface area (Å²) in [6.07, 6.45) is 1.59. The van der Waals surface area contributed by atoms with E-state index in [9.17, 15) is 0 Å². The van der Waals surface area contributed by atoms with Gasteiger partial charge in [0.25, 0.3) is 0 Å². The third-order valence-electron chi connectivity index (χ3n) is 1.87. The van der Waals surface area contributed by atoms with Crippen molar-refractivity contribution in [2.45, 2.75) is 6.10 Å². The quantitative estimate of drug-likeness (QED) is 0.697. The predicted octanol–water partition coefficient (Wildman–Crippen LogP) is 0.132. The Bertz CT molecular complexity index is 295. The maximum absolute atomic E-state index is 5.44. The van der Waals surface area contributed by atoms with E-state index in [1.165, 1.54) is 0 Å². The molecular weight excluding hydrogens is 196 g/mol. The van der Waals surface area contributed by atoms with Crippen molar-refractivity contribution in [1.82, 2.24) is 9.97 Å². The second-order valence-corrected chi connectivity index (χ2v) is 2.99. The molecule has 1 heterocycles. The molecule has 0 fully saturated rings. The zero-order valence-corrected chi connectivity index (χ0v) is 8.93. The van der Waals surface area contributed by atoms with Gasteiger partial charge in [-0.1, -0.05) is 0 Å². The normalized spacial score (nSPS) is 12.4. The molecule has 0 bridgehead atoms. The van der Waals surface area contributed by atoms with Gasteiger partial charge in [-0.25, -0.2) is 4.98 Å². The van der Waals surface area contributed by atoms with Crippen molar-refractivity contribution < 1.29 is 9.47 Å². The van der Waals surface area contributed by atoms with Gasteiger partial charge in [0, 0.05) is 27.0 Å². The van der Waals surface area contributed by atoms with Gasteiger partial charge in [-0.2, -0.15) is 4.98 Å². The fraction of sp³-hybridized carbons (Fsp3) is 0.556. The second-order valence-electron chi connectivity index (χ2n) is 2.99. The van der Waals surface area contributed by atoms with E-state index >= 15 is 0 Å². The van der Waals surface area contributed by atoms with E-state index in [0.29, 0.717) is 19.0 Å². The minimum absolute atomic E-state index is 0.00816. The van der Waals surface area contributed by atoms with Crippen molar-refractivity contribution >= 4 is 11.8 Å². The van der Waals surface area contributed by atoms with Crippen LogP contribution < -0.4 is 11.1 Å². The highest BCUT2D eigenvalue weighted by Crippen LogP contribution is 2.03. The van der Waals surface area contributed by atoms with Crippen LogP contribution >= 0.6 is 0 Å². The average Bonchev–Trinajstić information content (AvgIpc) is 2.24. The molecule has 1 rings (SSSR count). The maximum atomic E-state index is 5.44. The molecule has 6 nitrogen and oxygen atoms in total. The summed E-state index contributed by atoms with van der Waals surface area (Å²) in [7, 11) is 3.27. The number of ether oxygens (including phenoxy) is 2. The van der Waals surface area contributed by atoms with Crippen LogP contribution in [0.5, 0.6) is 0 Å². The summed E-state index contributed by atoms with van der Waals surface area (Å²) in [5.41, 5.74) is 5.44. The van der Waals surface area contributed by atoms with Gasteiger partial charge in [-0.3, -0.25) is 0 Å². The molecule has 84 valence electrons. The lowest BCUT2D eigenvalue weighted by molar-refractivity contribution is 0.0365. The molecule has 0 saturated heterocycles. The number of methoxy groups -OCH3 is 2. The van der Waals surface area contributed by atoms with Gasteiger partial charge >= 0.3 is 0 Å². The van der Waals surface area contributed by atoms with Crippen molar-refractivity contribution in [2.24, 2.45) is 0 Å². The summed E-state index contributed by atoms with van der Waals surface area (Å²) in [6.45, 7) is 1.14. The Labute approximate surface area is 88.8 Å². The first-order valence-electron chi connectivity index (χ1n) is 4.60. The Balaban J connectivity index is 2.41. The maximum Gasteiger partial charge on any atom is 0.221 e. The lowest BCUT2D eigenvalue weighted by Gasteiger charge is -2.15. The van der Waals surface area contributed by atoms with E-state index in [2.05, 4.69) is 15.3 Å². The van der Waals surface area contributed by atoms with Crippen molar-refractivity contribution in [1.29, 1.82) is 0 Å². The summed E-state index contributed by atoms with van der Waals surface area (Å²) < 4.78 is 10.2. The Hall–Kier alpha value is -1.40. The molecule has 1 atom stereocenters. The first kappa shape index (κ1) is 11.7. The Morgan fingerprint density at radius 2 is 2.33 bits per heavy atom. The molecule has 0 aliphatic carbocycles. The molecular formula is C9H16N4O2. The van der Waals surface area contributed by atoms with E-state index in [1.807, 2.05) is 0 Å². The monoisotopic (exact) mass is 212 g/mol. The van der Waals surface area contributed by atoms with Crippen molar-refractivity contribution in [3.8, 4) is 0 Å². The summed E-state index contributed by atoms with van der Waals surface area (Å²) in [6, 6.07) is 1.75. The van der Waals surface area contributed by atoms with Gasteiger partial charge in [0.1, 0.15) is 5.82 Å². The van der Waals surface area contributed by atoms with Gasteiger partial charge in [-0.15, -0.1) is 0 Å². The second kappa shape index (κ2) is 6.15. The van der Waals surface area contributed by atoms with Crippen LogP contribution in [0.3, 0.4) is 0 Å². The molecule has 6 heteroatoms. The smallest absolute Gasteiger partial charge is 0.221 e. The number of nitrogens with zero attached hydrogens (tertiary/aromatic N) is 2. The summed E-state index contributed by atoms with van der Waals surface area (Å²) in [5.74, 6) is 0.932. The molecule has 0 radical (unpaired) electrons. The van der Waals surface area contributed by atoms with Gasteiger partial charge in [-0.05, 0) is 6.07 Å². The molecule has 0 saturated carbocycles. The number of rotatable bonds is 6. The van der Waals surface area contributed by atoms with E-state index < -0.39 is 0 Å². The topological polar surface area (TPSA) is 82.3 Å². The van der Waals surface area contributed by atoms with Crippen LogP contribution in [0.1, 0.15) is 0 Å². The predicted molar refractivity (Wildman–Crippen MR) is 57.6 cm³/mol. The zero-order valence-electron chi connectivity index (χ0n) is 8.93. The molecule has 1 aromatic heterocycles. The third-order valence-corrected chi connectivity index (χ3v) is 1.87. The molecule has 0 spiro atoms. The summed E-state index contributed by atoms with van der Waals surface area (Å²) in [4.78, 5) is 7.79.